The van der Waals surface area contributed by atoms with Gasteiger partial charge in [-0.1, -0.05) is 17.4 Å². The summed E-state index contributed by atoms with van der Waals surface area (Å²) in [4.78, 5) is 11.0. The zero-order chi connectivity index (χ0) is 25.9. The van der Waals surface area contributed by atoms with Gasteiger partial charge in [-0.15, -0.1) is 10.2 Å². The zero-order valence-electron chi connectivity index (χ0n) is 19.4. The van der Waals surface area contributed by atoms with Crippen molar-refractivity contribution >= 4 is 49.1 Å². The van der Waals surface area contributed by atoms with Crippen LogP contribution in [0.15, 0.2) is 29.4 Å². The molecule has 0 spiro atoms. The number of alkyl halides is 2. The number of rotatable bonds is 6. The van der Waals surface area contributed by atoms with Gasteiger partial charge in [0, 0.05) is 11.9 Å². The van der Waals surface area contributed by atoms with E-state index >= 15 is 0 Å². The number of fused-ring (bicyclic) bond motifs is 3. The molecule has 1 aromatic carbocycles. The molecule has 11 nitrogen and oxygen atoms in total. The summed E-state index contributed by atoms with van der Waals surface area (Å²) in [5.74, 6) is 0.623. The molecular formula is C22H20F2N8O3S2. The number of hydrogen-bond donors (Lipinski definition) is 1. The SMILES string of the molecule is C[C@@H]1COCCN1c1ncnc2c1c1ccc(S(=O)(=O)NC3(C#N)CC3)cc1n2-c1nnc(C(F)F)s1. The lowest BCUT2D eigenvalue weighted by Crippen LogP contribution is -2.44. The number of sulfonamides is 1. The van der Waals surface area contributed by atoms with Crippen LogP contribution < -0.4 is 9.62 Å². The number of aromatic nitrogens is 5. The van der Waals surface area contributed by atoms with Crippen LogP contribution in [0.1, 0.15) is 31.2 Å². The minimum atomic E-state index is -4.04. The lowest BCUT2D eigenvalue weighted by molar-refractivity contribution is 0.0987. The molecule has 1 saturated carbocycles. The van der Waals surface area contributed by atoms with Crippen LogP contribution >= 0.6 is 11.3 Å². The van der Waals surface area contributed by atoms with Crippen molar-refractivity contribution in [3.63, 3.8) is 0 Å². The molecule has 4 heterocycles. The van der Waals surface area contributed by atoms with E-state index in [-0.39, 0.29) is 16.1 Å². The molecule has 1 saturated heterocycles. The van der Waals surface area contributed by atoms with E-state index in [1.54, 1.807) is 6.07 Å². The monoisotopic (exact) mass is 546 g/mol. The lowest BCUT2D eigenvalue weighted by atomic mass is 10.1. The van der Waals surface area contributed by atoms with Gasteiger partial charge in [-0.3, -0.25) is 4.57 Å². The van der Waals surface area contributed by atoms with E-state index in [4.69, 9.17) is 4.74 Å². The van der Waals surface area contributed by atoms with Crippen molar-refractivity contribution in [3.8, 4) is 11.2 Å². The number of nitrogens with one attached hydrogen (secondary N) is 1. The van der Waals surface area contributed by atoms with Crippen molar-refractivity contribution in [1.29, 1.82) is 5.26 Å². The van der Waals surface area contributed by atoms with Crippen molar-refractivity contribution in [2.75, 3.05) is 24.7 Å². The van der Waals surface area contributed by atoms with Gasteiger partial charge in [-0.05, 0) is 31.9 Å². The third-order valence-electron chi connectivity index (χ3n) is 6.55. The fraction of sp³-hybridized carbons (Fsp3) is 0.409. The first-order chi connectivity index (χ1) is 17.7. The summed E-state index contributed by atoms with van der Waals surface area (Å²) < 4.78 is 62.6. The third-order valence-corrected chi connectivity index (χ3v) is 9.00. The maximum atomic E-state index is 13.4. The summed E-state index contributed by atoms with van der Waals surface area (Å²) in [7, 11) is -4.04. The maximum Gasteiger partial charge on any atom is 0.291 e. The van der Waals surface area contributed by atoms with Gasteiger partial charge < -0.3 is 9.64 Å². The molecule has 1 aliphatic carbocycles. The standard InChI is InChI=1S/C22H20F2N8O3S2/c1-12-9-35-7-6-31(12)18-16-14-3-2-13(37(33,34)30-22(10-25)4-5-22)8-15(14)32(19(16)27-11-26-18)21-29-28-20(36-21)17(23)24/h2-3,8,11-12,17,30H,4-7,9H2,1H3/t12-/m1/s1. The minimum absolute atomic E-state index is 0.0155. The van der Waals surface area contributed by atoms with Crippen molar-refractivity contribution < 1.29 is 21.9 Å². The number of ether oxygens (including phenoxy) is 1. The van der Waals surface area contributed by atoms with Gasteiger partial charge in [-0.25, -0.2) is 27.2 Å². The summed E-state index contributed by atoms with van der Waals surface area (Å²) in [6.07, 6.45) is -0.556. The van der Waals surface area contributed by atoms with Crippen LogP contribution in [0.3, 0.4) is 0 Å². The van der Waals surface area contributed by atoms with Gasteiger partial charge >= 0.3 is 0 Å². The molecule has 192 valence electrons. The number of hydrogen-bond acceptors (Lipinski definition) is 10. The molecule has 0 radical (unpaired) electrons. The van der Waals surface area contributed by atoms with Crippen LogP contribution in [-0.2, 0) is 14.8 Å². The molecule has 1 atom stereocenters. The Balaban J connectivity index is 1.60. The van der Waals surface area contributed by atoms with Gasteiger partial charge in [0.25, 0.3) is 6.43 Å². The minimum Gasteiger partial charge on any atom is -0.377 e. The summed E-state index contributed by atoms with van der Waals surface area (Å²) in [5, 5.41) is 17.8. The van der Waals surface area contributed by atoms with Crippen LogP contribution in [0.5, 0.6) is 0 Å². The predicted octanol–water partition coefficient (Wildman–Crippen LogP) is 2.92. The quantitative estimate of drug-likeness (QED) is 0.387. The molecule has 0 unspecified atom stereocenters. The highest BCUT2D eigenvalue weighted by molar-refractivity contribution is 7.89. The highest BCUT2D eigenvalue weighted by Gasteiger charge is 2.47. The number of nitrogens with zero attached hydrogens (tertiary/aromatic N) is 7. The van der Waals surface area contributed by atoms with E-state index in [0.29, 0.717) is 71.7 Å². The molecule has 2 fully saturated rings. The first-order valence-electron chi connectivity index (χ1n) is 11.4. The number of nitriles is 1. The Hall–Kier alpha value is -3.32. The lowest BCUT2D eigenvalue weighted by Gasteiger charge is -2.34. The van der Waals surface area contributed by atoms with Gasteiger partial charge in [0.15, 0.2) is 10.7 Å². The molecule has 3 aromatic heterocycles. The maximum absolute atomic E-state index is 13.4. The Kier molecular flexibility index (Phi) is 5.60. The first-order valence-corrected chi connectivity index (χ1v) is 13.7. The van der Waals surface area contributed by atoms with E-state index in [9.17, 15) is 22.5 Å². The Morgan fingerprint density at radius 3 is 2.78 bits per heavy atom. The Bertz CT molecular complexity index is 1680. The van der Waals surface area contributed by atoms with Crippen LogP contribution in [0.2, 0.25) is 0 Å². The van der Waals surface area contributed by atoms with E-state index in [2.05, 4.69) is 29.8 Å². The van der Waals surface area contributed by atoms with Crippen LogP contribution in [0.25, 0.3) is 27.1 Å². The first kappa shape index (κ1) is 24.0. The average Bonchev–Trinajstić information content (AvgIpc) is 3.32. The van der Waals surface area contributed by atoms with Crippen molar-refractivity contribution in [1.82, 2.24) is 29.5 Å². The predicted molar refractivity (Wildman–Crippen MR) is 130 cm³/mol. The number of halogens is 2. The van der Waals surface area contributed by atoms with Crippen molar-refractivity contribution in [2.24, 2.45) is 0 Å². The fourth-order valence-electron chi connectivity index (χ4n) is 4.50. The number of anilines is 1. The van der Waals surface area contributed by atoms with Crippen molar-refractivity contribution in [3.05, 3.63) is 29.5 Å². The summed E-state index contributed by atoms with van der Waals surface area (Å²) >= 11 is 0.696. The van der Waals surface area contributed by atoms with Gasteiger partial charge in [-0.2, -0.15) is 9.98 Å². The van der Waals surface area contributed by atoms with Gasteiger partial charge in [0.2, 0.25) is 15.2 Å². The van der Waals surface area contributed by atoms with Crippen LogP contribution in [-0.4, -0.2) is 64.5 Å². The summed E-state index contributed by atoms with van der Waals surface area (Å²) in [5.41, 5.74) is -0.329. The van der Waals surface area contributed by atoms with E-state index < -0.39 is 27.0 Å². The molecule has 37 heavy (non-hydrogen) atoms. The van der Waals surface area contributed by atoms with Crippen LogP contribution in [0, 0.1) is 11.3 Å². The number of benzene rings is 1. The summed E-state index contributed by atoms with van der Waals surface area (Å²) in [6, 6.07) is 6.56. The normalized spacial score (nSPS) is 19.5. The van der Waals surface area contributed by atoms with Gasteiger partial charge in [0.05, 0.1) is 41.1 Å². The molecule has 2 aliphatic rings. The smallest absolute Gasteiger partial charge is 0.291 e. The Morgan fingerprint density at radius 1 is 1.30 bits per heavy atom. The van der Waals surface area contributed by atoms with Crippen LogP contribution in [0.4, 0.5) is 14.6 Å². The third kappa shape index (κ3) is 4.00. The Morgan fingerprint density at radius 2 is 2.11 bits per heavy atom. The molecular weight excluding hydrogens is 526 g/mol. The molecule has 1 aliphatic heterocycles. The average molecular weight is 547 g/mol. The summed E-state index contributed by atoms with van der Waals surface area (Å²) in [6.45, 7) is 3.61. The fourth-order valence-corrected chi connectivity index (χ4v) is 6.61. The Labute approximate surface area is 213 Å². The van der Waals surface area contributed by atoms with E-state index in [1.807, 2.05) is 13.0 Å². The molecule has 15 heteroatoms. The highest BCUT2D eigenvalue weighted by Crippen LogP contribution is 2.40. The van der Waals surface area contributed by atoms with E-state index in [0.717, 1.165) is 0 Å². The molecule has 6 rings (SSSR count). The molecule has 4 aromatic rings. The number of morpholine rings is 1. The second-order valence-electron chi connectivity index (χ2n) is 9.05. The second-order valence-corrected chi connectivity index (χ2v) is 11.7. The van der Waals surface area contributed by atoms with Crippen molar-refractivity contribution in [2.45, 2.75) is 42.7 Å². The second kappa shape index (κ2) is 8.62. The van der Waals surface area contributed by atoms with Gasteiger partial charge in [0.1, 0.15) is 17.7 Å². The van der Waals surface area contributed by atoms with E-state index in [1.165, 1.54) is 23.0 Å². The largest absolute Gasteiger partial charge is 0.377 e. The highest BCUT2D eigenvalue weighted by atomic mass is 32.2. The zero-order valence-corrected chi connectivity index (χ0v) is 21.1. The molecule has 1 N–H and O–H groups in total. The molecule has 0 bridgehead atoms. The topological polar surface area (TPSA) is 139 Å². The molecule has 0 amide bonds.